The van der Waals surface area contributed by atoms with E-state index in [1.54, 1.807) is 0 Å². The minimum Gasteiger partial charge on any atom is -0.385 e. The Morgan fingerprint density at radius 3 is 2.20 bits per heavy atom. The van der Waals surface area contributed by atoms with Crippen LogP contribution in [0.5, 0.6) is 0 Å². The molecule has 1 aromatic carbocycles. The lowest BCUT2D eigenvalue weighted by Crippen LogP contribution is -2.48. The van der Waals surface area contributed by atoms with Crippen molar-refractivity contribution in [2.24, 2.45) is 11.1 Å². The highest BCUT2D eigenvalue weighted by atomic mass is 16.3. The third kappa shape index (κ3) is 2.64. The lowest BCUT2D eigenvalue weighted by molar-refractivity contribution is -0.0814. The highest BCUT2D eigenvalue weighted by Gasteiger charge is 2.46. The van der Waals surface area contributed by atoms with Crippen molar-refractivity contribution in [3.8, 4) is 0 Å². The molecular formula is C18H29NO. The van der Waals surface area contributed by atoms with Gasteiger partial charge in [-0.2, -0.15) is 0 Å². The van der Waals surface area contributed by atoms with Gasteiger partial charge in [-0.15, -0.1) is 0 Å². The summed E-state index contributed by atoms with van der Waals surface area (Å²) in [5, 5.41) is 11.3. The number of rotatable bonds is 3. The van der Waals surface area contributed by atoms with Crippen LogP contribution in [-0.2, 0) is 5.60 Å². The van der Waals surface area contributed by atoms with Crippen molar-refractivity contribution in [3.63, 3.8) is 0 Å². The Morgan fingerprint density at radius 1 is 1.10 bits per heavy atom. The maximum atomic E-state index is 11.3. The van der Waals surface area contributed by atoms with Crippen LogP contribution in [0.2, 0.25) is 0 Å². The molecule has 1 aliphatic carbocycles. The van der Waals surface area contributed by atoms with Crippen LogP contribution in [0.15, 0.2) is 18.2 Å². The van der Waals surface area contributed by atoms with Gasteiger partial charge in [-0.3, -0.25) is 0 Å². The van der Waals surface area contributed by atoms with Crippen molar-refractivity contribution in [2.75, 3.05) is 6.54 Å². The molecule has 1 aliphatic rings. The van der Waals surface area contributed by atoms with Crippen LogP contribution in [0.3, 0.4) is 0 Å². The molecule has 2 heteroatoms. The summed E-state index contributed by atoms with van der Waals surface area (Å²) in [6.07, 6.45) is 6.96. The molecule has 1 saturated carbocycles. The molecule has 1 unspecified atom stereocenters. The summed E-state index contributed by atoms with van der Waals surface area (Å²) < 4.78 is 0. The zero-order valence-corrected chi connectivity index (χ0v) is 13.2. The fourth-order valence-corrected chi connectivity index (χ4v) is 3.65. The summed E-state index contributed by atoms with van der Waals surface area (Å²) >= 11 is 0. The second-order valence-electron chi connectivity index (χ2n) is 6.77. The second-order valence-corrected chi connectivity index (χ2v) is 6.77. The van der Waals surface area contributed by atoms with Gasteiger partial charge >= 0.3 is 0 Å². The molecule has 0 spiro atoms. The van der Waals surface area contributed by atoms with E-state index in [0.717, 1.165) is 18.4 Å². The van der Waals surface area contributed by atoms with Crippen LogP contribution in [0.4, 0.5) is 0 Å². The highest BCUT2D eigenvalue weighted by Crippen LogP contribution is 2.48. The zero-order chi connectivity index (χ0) is 14.8. The molecule has 2 rings (SSSR count). The van der Waals surface area contributed by atoms with E-state index in [-0.39, 0.29) is 5.41 Å². The van der Waals surface area contributed by atoms with Crippen molar-refractivity contribution < 1.29 is 5.11 Å². The van der Waals surface area contributed by atoms with Gasteiger partial charge in [0, 0.05) is 12.0 Å². The van der Waals surface area contributed by atoms with E-state index in [1.807, 2.05) is 6.92 Å². The maximum absolute atomic E-state index is 11.3. The van der Waals surface area contributed by atoms with Gasteiger partial charge in [-0.05, 0) is 50.3 Å². The first kappa shape index (κ1) is 15.5. The lowest BCUT2D eigenvalue weighted by Gasteiger charge is -2.45. The normalized spacial score (nSPS) is 22.1. The summed E-state index contributed by atoms with van der Waals surface area (Å²) in [5.41, 5.74) is 8.65. The standard InChI is InChI=1S/C18H29NO/c1-14-8-9-16(12-15(14)2)17(3,20)18(13-19)10-6-4-5-7-11-18/h8-9,12,20H,4-7,10-11,13,19H2,1-3H3. The van der Waals surface area contributed by atoms with Crippen molar-refractivity contribution in [1.29, 1.82) is 0 Å². The van der Waals surface area contributed by atoms with Gasteiger partial charge in [0.1, 0.15) is 0 Å². The molecule has 1 aromatic rings. The van der Waals surface area contributed by atoms with E-state index in [4.69, 9.17) is 5.73 Å². The van der Waals surface area contributed by atoms with Crippen LogP contribution in [0.25, 0.3) is 0 Å². The first-order valence-corrected chi connectivity index (χ1v) is 7.93. The Labute approximate surface area is 123 Å². The molecule has 0 amide bonds. The summed E-state index contributed by atoms with van der Waals surface area (Å²) in [6, 6.07) is 6.32. The Hall–Kier alpha value is -0.860. The van der Waals surface area contributed by atoms with Crippen LogP contribution in [-0.4, -0.2) is 11.7 Å². The first-order valence-electron chi connectivity index (χ1n) is 7.93. The number of aliphatic hydroxyl groups is 1. The Morgan fingerprint density at radius 2 is 1.70 bits per heavy atom. The average Bonchev–Trinajstić information content (AvgIpc) is 2.68. The average molecular weight is 275 g/mol. The fourth-order valence-electron chi connectivity index (χ4n) is 3.65. The number of hydrogen-bond acceptors (Lipinski definition) is 2. The molecule has 1 fully saturated rings. The topological polar surface area (TPSA) is 46.2 Å². The number of benzene rings is 1. The molecule has 0 heterocycles. The molecule has 3 N–H and O–H groups in total. The Balaban J connectivity index is 2.41. The summed E-state index contributed by atoms with van der Waals surface area (Å²) in [7, 11) is 0. The maximum Gasteiger partial charge on any atom is 0.0936 e. The van der Waals surface area contributed by atoms with E-state index >= 15 is 0 Å². The van der Waals surface area contributed by atoms with Crippen molar-refractivity contribution in [2.45, 2.75) is 64.9 Å². The third-order valence-corrected chi connectivity index (χ3v) is 5.55. The minimum atomic E-state index is -0.843. The molecule has 20 heavy (non-hydrogen) atoms. The first-order chi connectivity index (χ1) is 9.43. The Kier molecular flexibility index (Phi) is 4.55. The molecule has 0 saturated heterocycles. The predicted molar refractivity (Wildman–Crippen MR) is 84.7 cm³/mol. The van der Waals surface area contributed by atoms with Gasteiger partial charge in [-0.25, -0.2) is 0 Å². The van der Waals surface area contributed by atoms with Crippen LogP contribution >= 0.6 is 0 Å². The molecule has 0 radical (unpaired) electrons. The minimum absolute atomic E-state index is 0.175. The lowest BCUT2D eigenvalue weighted by atomic mass is 9.64. The molecule has 0 aromatic heterocycles. The van der Waals surface area contributed by atoms with Crippen molar-refractivity contribution in [1.82, 2.24) is 0 Å². The van der Waals surface area contributed by atoms with Crippen LogP contribution < -0.4 is 5.73 Å². The molecule has 2 nitrogen and oxygen atoms in total. The fraction of sp³-hybridized carbons (Fsp3) is 0.667. The van der Waals surface area contributed by atoms with Gasteiger partial charge in [0.2, 0.25) is 0 Å². The molecule has 1 atom stereocenters. The second kappa shape index (κ2) is 5.87. The SMILES string of the molecule is Cc1ccc(C(C)(O)C2(CN)CCCCCC2)cc1C. The van der Waals surface area contributed by atoms with Crippen LogP contribution in [0, 0.1) is 19.3 Å². The predicted octanol–water partition coefficient (Wildman–Crippen LogP) is 3.81. The monoisotopic (exact) mass is 275 g/mol. The Bertz CT molecular complexity index is 456. The van der Waals surface area contributed by atoms with Crippen molar-refractivity contribution >= 4 is 0 Å². The van der Waals surface area contributed by atoms with E-state index < -0.39 is 5.60 Å². The van der Waals surface area contributed by atoms with Gasteiger partial charge in [0.05, 0.1) is 5.60 Å². The van der Waals surface area contributed by atoms with E-state index in [0.29, 0.717) is 6.54 Å². The molecule has 0 bridgehead atoms. The third-order valence-electron chi connectivity index (χ3n) is 5.55. The van der Waals surface area contributed by atoms with E-state index in [1.165, 1.54) is 36.8 Å². The molecule has 112 valence electrons. The van der Waals surface area contributed by atoms with E-state index in [9.17, 15) is 5.11 Å². The van der Waals surface area contributed by atoms with E-state index in [2.05, 4.69) is 32.0 Å². The molecule has 0 aliphatic heterocycles. The van der Waals surface area contributed by atoms with Crippen LogP contribution in [0.1, 0.15) is 62.1 Å². The quantitative estimate of drug-likeness (QED) is 0.824. The summed E-state index contributed by atoms with van der Waals surface area (Å²) in [5.74, 6) is 0. The van der Waals surface area contributed by atoms with Crippen molar-refractivity contribution in [3.05, 3.63) is 34.9 Å². The zero-order valence-electron chi connectivity index (χ0n) is 13.2. The number of nitrogens with two attached hydrogens (primary N) is 1. The van der Waals surface area contributed by atoms with Gasteiger partial charge < -0.3 is 10.8 Å². The van der Waals surface area contributed by atoms with Gasteiger partial charge in [0.25, 0.3) is 0 Å². The van der Waals surface area contributed by atoms with Gasteiger partial charge in [-0.1, -0.05) is 43.9 Å². The largest absolute Gasteiger partial charge is 0.385 e. The smallest absolute Gasteiger partial charge is 0.0936 e. The highest BCUT2D eigenvalue weighted by molar-refractivity contribution is 5.34. The summed E-state index contributed by atoms with van der Waals surface area (Å²) in [6.45, 7) is 6.75. The van der Waals surface area contributed by atoms with Gasteiger partial charge in [0.15, 0.2) is 0 Å². The number of hydrogen-bond donors (Lipinski definition) is 2. The number of aryl methyl sites for hydroxylation is 2. The molecular weight excluding hydrogens is 246 g/mol. The summed E-state index contributed by atoms with van der Waals surface area (Å²) in [4.78, 5) is 0.